The molecule has 2 unspecified atom stereocenters. The molecule has 18 heavy (non-hydrogen) atoms. The second-order valence-electron chi connectivity index (χ2n) is 4.68. The van der Waals surface area contributed by atoms with E-state index in [-0.39, 0.29) is 24.2 Å². The van der Waals surface area contributed by atoms with Crippen LogP contribution in [-0.4, -0.2) is 25.0 Å². The SMILES string of the molecule is CC(C(=O)NC1CCCNC1)c1ccccc1.Cl. The van der Waals surface area contributed by atoms with Gasteiger partial charge in [0.15, 0.2) is 0 Å². The number of rotatable bonds is 3. The van der Waals surface area contributed by atoms with Crippen LogP contribution in [0.5, 0.6) is 0 Å². The van der Waals surface area contributed by atoms with E-state index in [2.05, 4.69) is 10.6 Å². The van der Waals surface area contributed by atoms with Crippen molar-refractivity contribution in [3.8, 4) is 0 Å². The van der Waals surface area contributed by atoms with Crippen molar-refractivity contribution in [2.75, 3.05) is 13.1 Å². The molecule has 1 aromatic carbocycles. The molecule has 0 spiro atoms. The molecule has 4 heteroatoms. The molecule has 0 radical (unpaired) electrons. The van der Waals surface area contributed by atoms with Gasteiger partial charge in [-0.15, -0.1) is 12.4 Å². The number of carbonyl (C=O) groups excluding carboxylic acids is 1. The normalized spacial score (nSPS) is 20.6. The number of benzene rings is 1. The van der Waals surface area contributed by atoms with Crippen molar-refractivity contribution in [2.45, 2.75) is 31.7 Å². The zero-order valence-electron chi connectivity index (χ0n) is 10.7. The third-order valence-corrected chi connectivity index (χ3v) is 3.34. The molecule has 0 aliphatic carbocycles. The van der Waals surface area contributed by atoms with Gasteiger partial charge in [0.2, 0.25) is 5.91 Å². The lowest BCUT2D eigenvalue weighted by Gasteiger charge is -2.25. The van der Waals surface area contributed by atoms with Crippen LogP contribution in [0.4, 0.5) is 0 Å². The van der Waals surface area contributed by atoms with E-state index in [4.69, 9.17) is 0 Å². The van der Waals surface area contributed by atoms with E-state index in [1.165, 1.54) is 0 Å². The Morgan fingerprint density at radius 2 is 2.11 bits per heavy atom. The zero-order valence-corrected chi connectivity index (χ0v) is 11.5. The van der Waals surface area contributed by atoms with Gasteiger partial charge in [-0.1, -0.05) is 30.3 Å². The summed E-state index contributed by atoms with van der Waals surface area (Å²) in [5.41, 5.74) is 1.08. The monoisotopic (exact) mass is 268 g/mol. The third kappa shape index (κ3) is 4.00. The van der Waals surface area contributed by atoms with Gasteiger partial charge < -0.3 is 10.6 Å². The van der Waals surface area contributed by atoms with Gasteiger partial charge in [0.05, 0.1) is 5.92 Å². The largest absolute Gasteiger partial charge is 0.352 e. The molecule has 0 saturated carbocycles. The first kappa shape index (κ1) is 15.0. The summed E-state index contributed by atoms with van der Waals surface area (Å²) in [7, 11) is 0. The van der Waals surface area contributed by atoms with Crippen LogP contribution in [0.2, 0.25) is 0 Å². The zero-order chi connectivity index (χ0) is 12.1. The Kier molecular flexibility index (Phi) is 6.16. The summed E-state index contributed by atoms with van der Waals surface area (Å²) >= 11 is 0. The van der Waals surface area contributed by atoms with Crippen molar-refractivity contribution in [1.29, 1.82) is 0 Å². The van der Waals surface area contributed by atoms with Crippen LogP contribution in [-0.2, 0) is 4.79 Å². The van der Waals surface area contributed by atoms with E-state index in [1.54, 1.807) is 0 Å². The number of piperidine rings is 1. The fraction of sp³-hybridized carbons (Fsp3) is 0.500. The minimum atomic E-state index is -0.0712. The van der Waals surface area contributed by atoms with Crippen molar-refractivity contribution >= 4 is 18.3 Å². The van der Waals surface area contributed by atoms with Crippen LogP contribution >= 0.6 is 12.4 Å². The number of halogens is 1. The number of carbonyl (C=O) groups is 1. The molecule has 0 bridgehead atoms. The molecule has 1 aromatic rings. The highest BCUT2D eigenvalue weighted by atomic mass is 35.5. The lowest BCUT2D eigenvalue weighted by molar-refractivity contribution is -0.123. The summed E-state index contributed by atoms with van der Waals surface area (Å²) < 4.78 is 0. The highest BCUT2D eigenvalue weighted by Gasteiger charge is 2.20. The molecule has 1 amide bonds. The molecular weight excluding hydrogens is 248 g/mol. The molecule has 0 aromatic heterocycles. The Labute approximate surface area is 115 Å². The minimum absolute atomic E-state index is 0. The summed E-state index contributed by atoms with van der Waals surface area (Å²) in [6, 6.07) is 10.2. The van der Waals surface area contributed by atoms with Crippen molar-refractivity contribution in [1.82, 2.24) is 10.6 Å². The van der Waals surface area contributed by atoms with Crippen molar-refractivity contribution in [3.63, 3.8) is 0 Å². The van der Waals surface area contributed by atoms with Gasteiger partial charge in [-0.25, -0.2) is 0 Å². The van der Waals surface area contributed by atoms with Gasteiger partial charge in [-0.2, -0.15) is 0 Å². The number of amides is 1. The molecule has 1 fully saturated rings. The molecule has 3 nitrogen and oxygen atoms in total. The average molecular weight is 269 g/mol. The molecule has 2 N–H and O–H groups in total. The van der Waals surface area contributed by atoms with Gasteiger partial charge in [0.25, 0.3) is 0 Å². The molecule has 2 rings (SSSR count). The third-order valence-electron chi connectivity index (χ3n) is 3.34. The van der Waals surface area contributed by atoms with E-state index in [0.29, 0.717) is 6.04 Å². The Balaban J connectivity index is 0.00000162. The van der Waals surface area contributed by atoms with Gasteiger partial charge in [0.1, 0.15) is 0 Å². The molecule has 2 atom stereocenters. The first-order valence-electron chi connectivity index (χ1n) is 6.33. The van der Waals surface area contributed by atoms with Gasteiger partial charge >= 0.3 is 0 Å². The maximum Gasteiger partial charge on any atom is 0.227 e. The van der Waals surface area contributed by atoms with E-state index >= 15 is 0 Å². The molecular formula is C14H21ClN2O. The van der Waals surface area contributed by atoms with Gasteiger partial charge in [-0.05, 0) is 31.9 Å². The van der Waals surface area contributed by atoms with Crippen LogP contribution < -0.4 is 10.6 Å². The Morgan fingerprint density at radius 1 is 1.39 bits per heavy atom. The average Bonchev–Trinajstić information content (AvgIpc) is 2.40. The fourth-order valence-corrected chi connectivity index (χ4v) is 2.19. The first-order valence-corrected chi connectivity index (χ1v) is 6.33. The van der Waals surface area contributed by atoms with Crippen LogP contribution in [0, 0.1) is 0 Å². The van der Waals surface area contributed by atoms with Crippen LogP contribution in [0.25, 0.3) is 0 Å². The molecule has 1 saturated heterocycles. The predicted molar refractivity (Wildman–Crippen MR) is 76.1 cm³/mol. The summed E-state index contributed by atoms with van der Waals surface area (Å²) in [6.45, 7) is 3.93. The number of nitrogens with one attached hydrogen (secondary N) is 2. The lowest BCUT2D eigenvalue weighted by Crippen LogP contribution is -2.46. The standard InChI is InChI=1S/C14H20N2O.ClH/c1-11(12-6-3-2-4-7-12)14(17)16-13-8-5-9-15-10-13;/h2-4,6-7,11,13,15H,5,8-10H2,1H3,(H,16,17);1H. The summed E-state index contributed by atoms with van der Waals surface area (Å²) in [5, 5.41) is 6.42. The summed E-state index contributed by atoms with van der Waals surface area (Å²) in [4.78, 5) is 12.1. The molecule has 100 valence electrons. The Morgan fingerprint density at radius 3 is 2.72 bits per heavy atom. The van der Waals surface area contributed by atoms with Crippen molar-refractivity contribution < 1.29 is 4.79 Å². The fourth-order valence-electron chi connectivity index (χ4n) is 2.19. The van der Waals surface area contributed by atoms with Crippen LogP contribution in [0.15, 0.2) is 30.3 Å². The molecule has 1 aliphatic rings. The molecule has 1 heterocycles. The smallest absolute Gasteiger partial charge is 0.227 e. The maximum absolute atomic E-state index is 12.1. The topological polar surface area (TPSA) is 41.1 Å². The van der Waals surface area contributed by atoms with Crippen LogP contribution in [0.3, 0.4) is 0 Å². The Hall–Kier alpha value is -1.06. The van der Waals surface area contributed by atoms with E-state index in [0.717, 1.165) is 31.5 Å². The second-order valence-corrected chi connectivity index (χ2v) is 4.68. The summed E-state index contributed by atoms with van der Waals surface area (Å²) in [6.07, 6.45) is 2.23. The quantitative estimate of drug-likeness (QED) is 0.881. The first-order chi connectivity index (χ1) is 8.27. The highest BCUT2D eigenvalue weighted by molar-refractivity contribution is 5.85. The van der Waals surface area contributed by atoms with E-state index in [9.17, 15) is 4.79 Å². The minimum Gasteiger partial charge on any atom is -0.352 e. The summed E-state index contributed by atoms with van der Waals surface area (Å²) in [5.74, 6) is 0.0584. The maximum atomic E-state index is 12.1. The second kappa shape index (κ2) is 7.39. The van der Waals surface area contributed by atoms with Crippen LogP contribution in [0.1, 0.15) is 31.2 Å². The predicted octanol–water partition coefficient (Wildman–Crippen LogP) is 2.08. The lowest BCUT2D eigenvalue weighted by atomic mass is 9.99. The van der Waals surface area contributed by atoms with Crippen molar-refractivity contribution in [2.24, 2.45) is 0 Å². The number of hydrogen-bond acceptors (Lipinski definition) is 2. The van der Waals surface area contributed by atoms with Gasteiger partial charge in [-0.3, -0.25) is 4.79 Å². The van der Waals surface area contributed by atoms with Crippen molar-refractivity contribution in [3.05, 3.63) is 35.9 Å². The van der Waals surface area contributed by atoms with E-state index in [1.807, 2.05) is 37.3 Å². The number of hydrogen-bond donors (Lipinski definition) is 2. The molecule has 1 aliphatic heterocycles. The highest BCUT2D eigenvalue weighted by Crippen LogP contribution is 2.15. The van der Waals surface area contributed by atoms with Gasteiger partial charge in [0, 0.05) is 12.6 Å². The van der Waals surface area contributed by atoms with E-state index < -0.39 is 0 Å². The Bertz CT molecular complexity index is 363.